The van der Waals surface area contributed by atoms with E-state index >= 15 is 0 Å². The molecule has 46 heavy (non-hydrogen) atoms. The van der Waals surface area contributed by atoms with Crippen LogP contribution >= 0.6 is 21.6 Å². The van der Waals surface area contributed by atoms with Crippen LogP contribution < -0.4 is 0 Å². The van der Waals surface area contributed by atoms with Gasteiger partial charge in [-0.05, 0) is 19.3 Å². The predicted molar refractivity (Wildman–Crippen MR) is 205 cm³/mol. The van der Waals surface area contributed by atoms with Gasteiger partial charge in [0.15, 0.2) is 0 Å². The highest BCUT2D eigenvalue weighted by atomic mass is 33.1. The van der Waals surface area contributed by atoms with E-state index in [9.17, 15) is 9.59 Å². The van der Waals surface area contributed by atoms with E-state index in [4.69, 9.17) is 9.47 Å². The van der Waals surface area contributed by atoms with E-state index in [2.05, 4.69) is 25.7 Å². The first-order valence-corrected chi connectivity index (χ1v) is 22.4. The minimum Gasteiger partial charge on any atom is -0.466 e. The molecule has 0 amide bonds. The summed E-state index contributed by atoms with van der Waals surface area (Å²) in [7, 11) is 3.78. The molecule has 0 aromatic rings. The number of carbonyl (C=O) groups excluding carboxylic acids is 2. The Balaban J connectivity index is 3.93. The first-order valence-electron chi connectivity index (χ1n) is 19.9. The molecule has 7 heteroatoms. The lowest BCUT2D eigenvalue weighted by Crippen LogP contribution is -2.31. The molecular weight excluding hydrogens is 611 g/mol. The minimum atomic E-state index is -0.115. The Morgan fingerprint density at radius 2 is 0.739 bits per heavy atom. The summed E-state index contributed by atoms with van der Waals surface area (Å²) in [6, 6.07) is 0. The van der Waals surface area contributed by atoms with Crippen molar-refractivity contribution in [3.05, 3.63) is 0 Å². The molecule has 0 aliphatic carbocycles. The van der Waals surface area contributed by atoms with Gasteiger partial charge in [0.05, 0.1) is 26.1 Å². The summed E-state index contributed by atoms with van der Waals surface area (Å²) in [4.78, 5) is 27.0. The minimum absolute atomic E-state index is 0.115. The molecular formula is C39H77NO4S2. The Labute approximate surface area is 295 Å². The highest BCUT2D eigenvalue weighted by Crippen LogP contribution is 2.21. The van der Waals surface area contributed by atoms with Gasteiger partial charge in [-0.2, -0.15) is 0 Å². The number of rotatable bonds is 38. The molecule has 0 heterocycles. The van der Waals surface area contributed by atoms with E-state index in [1.165, 1.54) is 135 Å². The van der Waals surface area contributed by atoms with Crippen molar-refractivity contribution >= 4 is 33.5 Å². The van der Waals surface area contributed by atoms with Crippen LogP contribution in [0.25, 0.3) is 0 Å². The van der Waals surface area contributed by atoms with E-state index in [0.29, 0.717) is 39.1 Å². The van der Waals surface area contributed by atoms with Crippen LogP contribution in [0.1, 0.15) is 194 Å². The molecule has 274 valence electrons. The van der Waals surface area contributed by atoms with Gasteiger partial charge in [-0.15, -0.1) is 0 Å². The molecule has 0 aliphatic rings. The molecule has 0 unspecified atom stereocenters. The summed E-state index contributed by atoms with van der Waals surface area (Å²) in [6.45, 7) is 9.97. The highest BCUT2D eigenvalue weighted by Gasteiger charge is 2.12. The third-order valence-corrected chi connectivity index (χ3v) is 11.2. The number of ether oxygens (including phenoxy) is 2. The van der Waals surface area contributed by atoms with Crippen LogP contribution in [-0.2, 0) is 19.1 Å². The van der Waals surface area contributed by atoms with Crippen molar-refractivity contribution in [1.82, 2.24) is 4.90 Å². The SMILES string of the molecule is CCCCCCCCCCCCCCOC(=O)CCN(CCSSCCC)CCC(=O)OCCCCCCCCCCCCCC. The van der Waals surface area contributed by atoms with Gasteiger partial charge in [0.25, 0.3) is 0 Å². The standard InChI is InChI=1S/C39H77NO4S2/c1-4-7-9-11-13-15-17-19-21-23-25-27-34-43-38(41)29-31-40(33-37-46-45-36-6-3)32-30-39(42)44-35-28-26-24-22-20-18-16-14-12-10-8-5-2/h4-37H2,1-3H3. The van der Waals surface area contributed by atoms with E-state index < -0.39 is 0 Å². The molecule has 0 spiro atoms. The molecule has 0 aliphatic heterocycles. The number of hydrogen-bond donors (Lipinski definition) is 0. The normalized spacial score (nSPS) is 11.4. The Kier molecular flexibility index (Phi) is 38.7. The second kappa shape index (κ2) is 39.0. The van der Waals surface area contributed by atoms with Gasteiger partial charge in [-0.3, -0.25) is 9.59 Å². The van der Waals surface area contributed by atoms with E-state index in [0.717, 1.165) is 43.7 Å². The van der Waals surface area contributed by atoms with Gasteiger partial charge < -0.3 is 14.4 Å². The van der Waals surface area contributed by atoms with Gasteiger partial charge in [0, 0.05) is 31.1 Å². The number of hydrogen-bond acceptors (Lipinski definition) is 7. The van der Waals surface area contributed by atoms with Crippen LogP contribution in [-0.4, -0.2) is 61.2 Å². The smallest absolute Gasteiger partial charge is 0.307 e. The summed E-state index contributed by atoms with van der Waals surface area (Å²) in [5.41, 5.74) is 0. The van der Waals surface area contributed by atoms with Crippen LogP contribution in [0.15, 0.2) is 0 Å². The second-order valence-corrected chi connectivity index (χ2v) is 15.9. The molecule has 5 nitrogen and oxygen atoms in total. The number of esters is 2. The summed E-state index contributed by atoms with van der Waals surface area (Å²) in [5.74, 6) is 1.92. The quantitative estimate of drug-likeness (QED) is 0.0364. The molecule has 0 bridgehead atoms. The van der Waals surface area contributed by atoms with Gasteiger partial charge in [-0.1, -0.05) is 184 Å². The van der Waals surface area contributed by atoms with E-state index in [1.807, 2.05) is 21.6 Å². The molecule has 0 N–H and O–H groups in total. The molecule has 0 saturated carbocycles. The molecule has 0 radical (unpaired) electrons. The van der Waals surface area contributed by atoms with Crippen LogP contribution in [0.5, 0.6) is 0 Å². The maximum Gasteiger partial charge on any atom is 0.307 e. The third-order valence-electron chi connectivity index (χ3n) is 8.65. The zero-order chi connectivity index (χ0) is 33.6. The average Bonchev–Trinajstić information content (AvgIpc) is 3.06. The van der Waals surface area contributed by atoms with Gasteiger partial charge in [-0.25, -0.2) is 0 Å². The monoisotopic (exact) mass is 688 g/mol. The molecule has 0 saturated heterocycles. The third kappa shape index (κ3) is 36.4. The van der Waals surface area contributed by atoms with Crippen molar-refractivity contribution < 1.29 is 19.1 Å². The van der Waals surface area contributed by atoms with Crippen molar-refractivity contribution in [2.24, 2.45) is 0 Å². The molecule has 0 rings (SSSR count). The summed E-state index contributed by atoms with van der Waals surface area (Å²) >= 11 is 0. The molecule has 0 aromatic heterocycles. The predicted octanol–water partition coefficient (Wildman–Crippen LogP) is 12.3. The Hall–Kier alpha value is -0.400. The van der Waals surface area contributed by atoms with Crippen molar-refractivity contribution in [3.8, 4) is 0 Å². The van der Waals surface area contributed by atoms with Gasteiger partial charge >= 0.3 is 11.9 Å². The van der Waals surface area contributed by atoms with Crippen LogP contribution in [0.4, 0.5) is 0 Å². The molecule has 0 aromatic carbocycles. The Bertz CT molecular complexity index is 591. The highest BCUT2D eigenvalue weighted by molar-refractivity contribution is 8.76. The van der Waals surface area contributed by atoms with Crippen molar-refractivity contribution in [3.63, 3.8) is 0 Å². The topological polar surface area (TPSA) is 55.8 Å². The largest absolute Gasteiger partial charge is 0.466 e. The van der Waals surface area contributed by atoms with E-state index in [1.54, 1.807) is 0 Å². The fourth-order valence-corrected chi connectivity index (χ4v) is 7.77. The average molecular weight is 688 g/mol. The van der Waals surface area contributed by atoms with Gasteiger partial charge in [0.1, 0.15) is 0 Å². The van der Waals surface area contributed by atoms with Crippen molar-refractivity contribution in [2.45, 2.75) is 194 Å². The lowest BCUT2D eigenvalue weighted by molar-refractivity contribution is -0.144. The number of nitrogens with zero attached hydrogens (tertiary/aromatic N) is 1. The summed E-state index contributed by atoms with van der Waals surface area (Å²) in [5, 5.41) is 0. The first kappa shape index (κ1) is 45.6. The Morgan fingerprint density at radius 3 is 1.09 bits per heavy atom. The van der Waals surface area contributed by atoms with E-state index in [-0.39, 0.29) is 11.9 Å². The zero-order valence-electron chi connectivity index (χ0n) is 30.9. The second-order valence-electron chi connectivity index (χ2n) is 13.2. The van der Waals surface area contributed by atoms with Gasteiger partial charge in [0.2, 0.25) is 0 Å². The molecule has 0 atom stereocenters. The lowest BCUT2D eigenvalue weighted by Gasteiger charge is -2.21. The maximum absolute atomic E-state index is 12.4. The number of carbonyl (C=O) groups is 2. The summed E-state index contributed by atoms with van der Waals surface area (Å²) in [6.07, 6.45) is 33.2. The maximum atomic E-state index is 12.4. The first-order chi connectivity index (χ1) is 22.6. The Morgan fingerprint density at radius 1 is 0.413 bits per heavy atom. The van der Waals surface area contributed by atoms with Crippen molar-refractivity contribution in [2.75, 3.05) is 44.4 Å². The summed E-state index contributed by atoms with van der Waals surface area (Å²) < 4.78 is 11.1. The fraction of sp³-hybridized carbons (Fsp3) is 0.949. The van der Waals surface area contributed by atoms with Crippen LogP contribution in [0, 0.1) is 0 Å². The van der Waals surface area contributed by atoms with Crippen LogP contribution in [0.3, 0.4) is 0 Å². The van der Waals surface area contributed by atoms with Crippen LogP contribution in [0.2, 0.25) is 0 Å². The lowest BCUT2D eigenvalue weighted by atomic mass is 10.1. The fourth-order valence-electron chi connectivity index (χ4n) is 5.60. The molecule has 0 fully saturated rings. The number of unbranched alkanes of at least 4 members (excludes halogenated alkanes) is 22. The zero-order valence-corrected chi connectivity index (χ0v) is 32.6. The van der Waals surface area contributed by atoms with Crippen molar-refractivity contribution in [1.29, 1.82) is 0 Å².